The Balaban J connectivity index is 0.00000361. The molecule has 4 saturated carbocycles. The van der Waals surface area contributed by atoms with Gasteiger partial charge in [-0.05, 0) is 74.2 Å². The fraction of sp³-hybridized carbons (Fsp3) is 0.812. The summed E-state index contributed by atoms with van der Waals surface area (Å²) in [7, 11) is 0. The maximum absolute atomic E-state index is 10.3. The highest BCUT2D eigenvalue weighted by molar-refractivity contribution is 5.85. The van der Waals surface area contributed by atoms with Crippen molar-refractivity contribution in [3.05, 3.63) is 17.7 Å². The predicted molar refractivity (Wildman–Crippen MR) is 155 cm³/mol. The number of benzene rings is 1. The highest BCUT2D eigenvalue weighted by Gasteiger charge is 2.52. The van der Waals surface area contributed by atoms with Gasteiger partial charge in [0.25, 0.3) is 0 Å². The van der Waals surface area contributed by atoms with E-state index in [1.165, 1.54) is 128 Å². The molecule has 4 bridgehead atoms. The standard InChI is InChI=1S/C32H53NO2.ClH/c1-2-3-4-5-6-7-8-9-10-11-12-13-14-15-16-35-31-21-30(34)29(33)20-28(31)32-22-25-17-26(23-32)19-27(18-25)24-32;/h20-21,25-27,34H,2-19,22-24,33H2,1H3;1H. The van der Waals surface area contributed by atoms with Crippen LogP contribution in [0.2, 0.25) is 0 Å². The van der Waals surface area contributed by atoms with Crippen LogP contribution in [0, 0.1) is 17.8 Å². The first-order valence-corrected chi connectivity index (χ1v) is 15.4. The first kappa shape index (κ1) is 29.5. The second-order valence-corrected chi connectivity index (χ2v) is 12.5. The summed E-state index contributed by atoms with van der Waals surface area (Å²) >= 11 is 0. The topological polar surface area (TPSA) is 55.5 Å². The van der Waals surface area contributed by atoms with E-state index in [0.717, 1.165) is 36.5 Å². The fourth-order valence-corrected chi connectivity index (χ4v) is 8.04. The zero-order valence-corrected chi connectivity index (χ0v) is 23.9. The number of phenols is 1. The number of nitrogens with two attached hydrogens (primary N) is 1. The lowest BCUT2D eigenvalue weighted by molar-refractivity contribution is -0.00639. The van der Waals surface area contributed by atoms with Gasteiger partial charge in [-0.25, -0.2) is 0 Å². The minimum absolute atomic E-state index is 0. The molecule has 36 heavy (non-hydrogen) atoms. The molecule has 1 aromatic rings. The van der Waals surface area contributed by atoms with Gasteiger partial charge in [-0.3, -0.25) is 0 Å². The molecule has 4 aliphatic carbocycles. The minimum Gasteiger partial charge on any atom is -0.506 e. The average molecular weight is 520 g/mol. The predicted octanol–water partition coefficient (Wildman–Crippen LogP) is 9.72. The normalized spacial score (nSPS) is 26.2. The van der Waals surface area contributed by atoms with Crippen LogP contribution < -0.4 is 10.5 Å². The smallest absolute Gasteiger partial charge is 0.142 e. The van der Waals surface area contributed by atoms with Crippen LogP contribution in [-0.4, -0.2) is 11.7 Å². The Bertz CT molecular complexity index is 744. The molecule has 5 rings (SSSR count). The molecule has 0 atom stereocenters. The number of anilines is 1. The molecule has 0 saturated heterocycles. The maximum atomic E-state index is 10.3. The van der Waals surface area contributed by atoms with E-state index in [1.807, 2.05) is 6.07 Å². The Hall–Kier alpha value is -1.09. The molecule has 4 heteroatoms. The van der Waals surface area contributed by atoms with Gasteiger partial charge in [-0.1, -0.05) is 90.4 Å². The summed E-state index contributed by atoms with van der Waals surface area (Å²) in [5.41, 5.74) is 8.24. The van der Waals surface area contributed by atoms with E-state index >= 15 is 0 Å². The van der Waals surface area contributed by atoms with Gasteiger partial charge in [0, 0.05) is 11.6 Å². The van der Waals surface area contributed by atoms with Gasteiger partial charge in [0.1, 0.15) is 11.5 Å². The highest BCUT2D eigenvalue weighted by atomic mass is 35.5. The molecule has 0 aromatic heterocycles. The molecule has 4 aliphatic rings. The second kappa shape index (κ2) is 14.7. The lowest BCUT2D eigenvalue weighted by Gasteiger charge is -2.57. The summed E-state index contributed by atoms with van der Waals surface area (Å²) in [6.07, 6.45) is 27.3. The largest absolute Gasteiger partial charge is 0.506 e. The molecule has 0 amide bonds. The number of rotatable bonds is 17. The van der Waals surface area contributed by atoms with Gasteiger partial charge in [0.15, 0.2) is 0 Å². The van der Waals surface area contributed by atoms with Gasteiger partial charge in [0.05, 0.1) is 12.3 Å². The summed E-state index contributed by atoms with van der Waals surface area (Å²) in [4.78, 5) is 0. The molecule has 3 nitrogen and oxygen atoms in total. The van der Waals surface area contributed by atoms with E-state index in [9.17, 15) is 5.11 Å². The third kappa shape index (κ3) is 7.95. The van der Waals surface area contributed by atoms with Crippen LogP contribution in [0.1, 0.15) is 141 Å². The molecule has 206 valence electrons. The molecule has 0 spiro atoms. The molecule has 0 heterocycles. The van der Waals surface area contributed by atoms with E-state index < -0.39 is 0 Å². The van der Waals surface area contributed by atoms with Crippen LogP contribution in [0.25, 0.3) is 0 Å². The van der Waals surface area contributed by atoms with Crippen molar-refractivity contribution in [2.24, 2.45) is 17.8 Å². The minimum atomic E-state index is 0. The van der Waals surface area contributed by atoms with E-state index in [4.69, 9.17) is 10.5 Å². The van der Waals surface area contributed by atoms with Crippen molar-refractivity contribution in [2.75, 3.05) is 12.3 Å². The summed E-state index contributed by atoms with van der Waals surface area (Å²) in [5, 5.41) is 10.3. The molecular formula is C32H54ClNO2. The highest BCUT2D eigenvalue weighted by Crippen LogP contribution is 2.62. The molecule has 0 radical (unpaired) electrons. The van der Waals surface area contributed by atoms with E-state index in [0.29, 0.717) is 5.69 Å². The number of hydrogen-bond donors (Lipinski definition) is 2. The number of unbranched alkanes of at least 4 members (excludes halogenated alkanes) is 13. The van der Waals surface area contributed by atoms with Crippen molar-refractivity contribution >= 4 is 18.1 Å². The van der Waals surface area contributed by atoms with Crippen molar-refractivity contribution in [3.63, 3.8) is 0 Å². The first-order chi connectivity index (χ1) is 17.1. The first-order valence-electron chi connectivity index (χ1n) is 15.4. The van der Waals surface area contributed by atoms with Crippen molar-refractivity contribution in [2.45, 2.75) is 141 Å². The summed E-state index contributed by atoms with van der Waals surface area (Å²) < 4.78 is 6.35. The van der Waals surface area contributed by atoms with Crippen molar-refractivity contribution in [1.29, 1.82) is 0 Å². The second-order valence-electron chi connectivity index (χ2n) is 12.5. The molecule has 0 aliphatic heterocycles. The number of aromatic hydroxyl groups is 1. The Kier molecular flexibility index (Phi) is 12.1. The van der Waals surface area contributed by atoms with Crippen molar-refractivity contribution < 1.29 is 9.84 Å². The summed E-state index contributed by atoms with van der Waals surface area (Å²) in [6.45, 7) is 3.04. The van der Waals surface area contributed by atoms with Crippen LogP contribution >= 0.6 is 12.4 Å². The zero-order chi connectivity index (χ0) is 24.5. The fourth-order valence-electron chi connectivity index (χ4n) is 8.04. The van der Waals surface area contributed by atoms with Crippen LogP contribution in [0.5, 0.6) is 11.5 Å². The van der Waals surface area contributed by atoms with E-state index in [-0.39, 0.29) is 23.6 Å². The zero-order valence-electron chi connectivity index (χ0n) is 23.1. The Labute approximate surface area is 227 Å². The van der Waals surface area contributed by atoms with Crippen LogP contribution in [0.3, 0.4) is 0 Å². The molecule has 3 N–H and O–H groups in total. The molecule has 0 unspecified atom stereocenters. The number of hydrogen-bond acceptors (Lipinski definition) is 3. The van der Waals surface area contributed by atoms with E-state index in [1.54, 1.807) is 0 Å². The molecule has 1 aromatic carbocycles. The maximum Gasteiger partial charge on any atom is 0.142 e. The third-order valence-electron chi connectivity index (χ3n) is 9.49. The average Bonchev–Trinajstić information content (AvgIpc) is 2.82. The monoisotopic (exact) mass is 519 g/mol. The number of nitrogen functional groups attached to an aromatic ring is 1. The van der Waals surface area contributed by atoms with Gasteiger partial charge in [0.2, 0.25) is 0 Å². The van der Waals surface area contributed by atoms with Crippen molar-refractivity contribution in [3.8, 4) is 11.5 Å². The van der Waals surface area contributed by atoms with Gasteiger partial charge < -0.3 is 15.6 Å². The number of halogens is 1. The molecular weight excluding hydrogens is 466 g/mol. The lowest BCUT2D eigenvalue weighted by atomic mass is 9.48. The quantitative estimate of drug-likeness (QED) is 0.122. The van der Waals surface area contributed by atoms with E-state index in [2.05, 4.69) is 13.0 Å². The Morgan fingerprint density at radius 3 is 1.67 bits per heavy atom. The number of phenolic OH excluding ortho intramolecular Hbond substituents is 1. The Morgan fingerprint density at radius 2 is 1.19 bits per heavy atom. The van der Waals surface area contributed by atoms with Crippen LogP contribution in [0.4, 0.5) is 5.69 Å². The number of ether oxygens (including phenoxy) is 1. The van der Waals surface area contributed by atoms with Gasteiger partial charge in [-0.2, -0.15) is 0 Å². The summed E-state index contributed by atoms with van der Waals surface area (Å²) in [5.74, 6) is 3.74. The van der Waals surface area contributed by atoms with Crippen molar-refractivity contribution in [1.82, 2.24) is 0 Å². The Morgan fingerprint density at radius 1 is 0.750 bits per heavy atom. The van der Waals surface area contributed by atoms with Gasteiger partial charge in [-0.15, -0.1) is 12.4 Å². The van der Waals surface area contributed by atoms with Crippen LogP contribution in [0.15, 0.2) is 12.1 Å². The lowest BCUT2D eigenvalue weighted by Crippen LogP contribution is -2.48. The van der Waals surface area contributed by atoms with Crippen LogP contribution in [-0.2, 0) is 5.41 Å². The molecule has 4 fully saturated rings. The summed E-state index contributed by atoms with van der Waals surface area (Å²) in [6, 6.07) is 3.87. The SMILES string of the molecule is CCCCCCCCCCCCCCCCOc1cc(O)c(N)cc1C12CC3CC(CC(C3)C1)C2.Cl. The third-order valence-corrected chi connectivity index (χ3v) is 9.49. The van der Waals surface area contributed by atoms with Gasteiger partial charge >= 0.3 is 0 Å².